The van der Waals surface area contributed by atoms with Gasteiger partial charge in [-0.15, -0.1) is 0 Å². The third-order valence-electron chi connectivity index (χ3n) is 4.84. The number of amides is 1. The fraction of sp³-hybridized carbons (Fsp3) is 0.136. The third-order valence-corrected chi connectivity index (χ3v) is 4.84. The van der Waals surface area contributed by atoms with Crippen molar-refractivity contribution >= 4 is 16.8 Å². The van der Waals surface area contributed by atoms with Crippen molar-refractivity contribution in [2.75, 3.05) is 7.11 Å². The number of fused-ring (bicyclic) bond motifs is 1. The number of hydrogen-bond donors (Lipinski definition) is 2. The van der Waals surface area contributed by atoms with Crippen molar-refractivity contribution in [1.82, 2.24) is 19.9 Å². The molecule has 0 saturated carbocycles. The Balaban J connectivity index is 1.81. The van der Waals surface area contributed by atoms with Crippen LogP contribution >= 0.6 is 0 Å². The van der Waals surface area contributed by atoms with Crippen molar-refractivity contribution in [2.24, 2.45) is 7.05 Å². The molecule has 0 bridgehead atoms. The van der Waals surface area contributed by atoms with Gasteiger partial charge in [-0.25, -0.2) is 4.98 Å². The van der Waals surface area contributed by atoms with Crippen LogP contribution in [-0.4, -0.2) is 27.6 Å². The van der Waals surface area contributed by atoms with Gasteiger partial charge in [-0.2, -0.15) is 0 Å². The first kappa shape index (κ1) is 18.5. The number of carbonyl (C=O) groups is 1. The Morgan fingerprint density at radius 3 is 2.69 bits per heavy atom. The fourth-order valence-corrected chi connectivity index (χ4v) is 3.44. The van der Waals surface area contributed by atoms with Crippen LogP contribution < -0.4 is 15.6 Å². The number of benzene rings is 2. The predicted octanol–water partition coefficient (Wildman–Crippen LogP) is 2.79. The van der Waals surface area contributed by atoms with Gasteiger partial charge in [-0.1, -0.05) is 36.4 Å². The molecule has 0 aliphatic heterocycles. The largest absolute Gasteiger partial charge is 0.496 e. The Morgan fingerprint density at radius 2 is 1.93 bits per heavy atom. The van der Waals surface area contributed by atoms with Gasteiger partial charge in [-0.05, 0) is 12.1 Å². The molecule has 29 heavy (non-hydrogen) atoms. The molecular weight excluding hydrogens is 368 g/mol. The molecule has 0 saturated heterocycles. The van der Waals surface area contributed by atoms with Gasteiger partial charge < -0.3 is 19.6 Å². The highest BCUT2D eigenvalue weighted by Gasteiger charge is 2.25. The summed E-state index contributed by atoms with van der Waals surface area (Å²) in [4.78, 5) is 32.5. The first-order valence-corrected chi connectivity index (χ1v) is 9.11. The maximum atomic E-state index is 13.3. The highest BCUT2D eigenvalue weighted by atomic mass is 16.5. The number of methoxy groups -OCH3 is 1. The summed E-state index contributed by atoms with van der Waals surface area (Å²) in [6, 6.07) is 15.4. The van der Waals surface area contributed by atoms with Crippen LogP contribution in [0.15, 0.2) is 71.8 Å². The Hall–Kier alpha value is -3.87. The molecule has 0 radical (unpaired) electrons. The molecule has 2 aromatic heterocycles. The van der Waals surface area contributed by atoms with Gasteiger partial charge in [0.15, 0.2) is 0 Å². The van der Waals surface area contributed by atoms with Crippen molar-refractivity contribution in [3.63, 3.8) is 0 Å². The number of aromatic nitrogens is 3. The van der Waals surface area contributed by atoms with E-state index < -0.39 is 6.04 Å². The van der Waals surface area contributed by atoms with Crippen LogP contribution in [0.5, 0.6) is 5.75 Å². The molecule has 1 amide bonds. The molecule has 2 heterocycles. The van der Waals surface area contributed by atoms with Gasteiger partial charge >= 0.3 is 0 Å². The van der Waals surface area contributed by atoms with Crippen LogP contribution in [0.25, 0.3) is 10.9 Å². The zero-order valence-electron chi connectivity index (χ0n) is 16.0. The maximum Gasteiger partial charge on any atom is 0.253 e. The molecule has 4 rings (SSSR count). The average molecular weight is 388 g/mol. The van der Waals surface area contributed by atoms with Crippen LogP contribution in [0.4, 0.5) is 0 Å². The van der Waals surface area contributed by atoms with Crippen molar-refractivity contribution in [1.29, 1.82) is 0 Å². The Bertz CT molecular complexity index is 1240. The summed E-state index contributed by atoms with van der Waals surface area (Å²) in [5, 5.41) is 3.70. The van der Waals surface area contributed by atoms with Crippen molar-refractivity contribution in [3.8, 4) is 5.75 Å². The number of aryl methyl sites for hydroxylation is 1. The number of aromatic amines is 1. The lowest BCUT2D eigenvalue weighted by molar-refractivity contribution is 0.0942. The molecule has 0 spiro atoms. The van der Waals surface area contributed by atoms with Crippen LogP contribution in [0, 0.1) is 0 Å². The molecule has 0 aliphatic rings. The molecule has 1 atom stereocenters. The minimum absolute atomic E-state index is 0.304. The second-order valence-electron chi connectivity index (χ2n) is 6.64. The first-order chi connectivity index (χ1) is 14.1. The highest BCUT2D eigenvalue weighted by Crippen LogP contribution is 2.29. The molecule has 1 unspecified atom stereocenters. The van der Waals surface area contributed by atoms with E-state index in [2.05, 4.69) is 15.3 Å². The molecule has 2 aromatic carbocycles. The maximum absolute atomic E-state index is 13.3. The molecule has 7 nitrogen and oxygen atoms in total. The number of pyridine rings is 1. The lowest BCUT2D eigenvalue weighted by Gasteiger charge is -2.21. The highest BCUT2D eigenvalue weighted by molar-refractivity contribution is 6.06. The number of imidazole rings is 1. The third kappa shape index (κ3) is 3.50. The lowest BCUT2D eigenvalue weighted by atomic mass is 10.0. The number of ether oxygens (including phenoxy) is 1. The van der Waals surface area contributed by atoms with Crippen molar-refractivity contribution < 1.29 is 9.53 Å². The minimum Gasteiger partial charge on any atom is -0.496 e. The Kier molecular flexibility index (Phi) is 4.87. The fourth-order valence-electron chi connectivity index (χ4n) is 3.44. The zero-order chi connectivity index (χ0) is 20.4. The van der Waals surface area contributed by atoms with Crippen LogP contribution in [0.1, 0.15) is 27.8 Å². The van der Waals surface area contributed by atoms with E-state index in [0.717, 1.165) is 5.56 Å². The quantitative estimate of drug-likeness (QED) is 0.550. The number of rotatable bonds is 5. The average Bonchev–Trinajstić information content (AvgIpc) is 3.16. The molecule has 0 fully saturated rings. The molecule has 2 N–H and O–H groups in total. The minimum atomic E-state index is -0.559. The van der Waals surface area contributed by atoms with Crippen molar-refractivity contribution in [2.45, 2.75) is 6.04 Å². The van der Waals surface area contributed by atoms with Gasteiger partial charge in [0, 0.05) is 42.0 Å². The molecule has 4 aromatic rings. The summed E-state index contributed by atoms with van der Waals surface area (Å²) in [5.41, 5.74) is 1.35. The SMILES string of the molecule is COc1ccccc1C(NC(=O)c1cc(=O)[nH]c2ccccc12)c1nccn1C. The summed E-state index contributed by atoms with van der Waals surface area (Å²) in [6.07, 6.45) is 3.49. The number of nitrogens with one attached hydrogen (secondary N) is 2. The zero-order valence-corrected chi connectivity index (χ0v) is 16.0. The second kappa shape index (κ2) is 7.63. The standard InChI is InChI=1S/C22H20N4O3/c1-26-12-11-23-21(26)20(15-8-4-6-10-18(15)29-2)25-22(28)16-13-19(27)24-17-9-5-3-7-14(16)17/h3-13,20H,1-2H3,(H,24,27)(H,25,28). The van der Waals surface area contributed by atoms with E-state index in [0.29, 0.717) is 28.0 Å². The number of H-pyrrole nitrogens is 1. The van der Waals surface area contributed by atoms with E-state index >= 15 is 0 Å². The molecule has 7 heteroatoms. The lowest BCUT2D eigenvalue weighted by Crippen LogP contribution is -2.32. The monoisotopic (exact) mass is 388 g/mol. The van der Waals surface area contributed by atoms with E-state index in [4.69, 9.17) is 4.74 Å². The number of para-hydroxylation sites is 2. The van der Waals surface area contributed by atoms with E-state index in [1.165, 1.54) is 6.07 Å². The van der Waals surface area contributed by atoms with E-state index in [9.17, 15) is 9.59 Å². The first-order valence-electron chi connectivity index (χ1n) is 9.11. The van der Waals surface area contributed by atoms with E-state index in [1.807, 2.05) is 54.2 Å². The van der Waals surface area contributed by atoms with Crippen LogP contribution in [-0.2, 0) is 7.05 Å². The van der Waals surface area contributed by atoms with Gasteiger partial charge in [0.2, 0.25) is 5.56 Å². The molecule has 146 valence electrons. The van der Waals surface area contributed by atoms with Gasteiger partial charge in [-0.3, -0.25) is 9.59 Å². The van der Waals surface area contributed by atoms with Crippen molar-refractivity contribution in [3.05, 3.63) is 94.3 Å². The summed E-state index contributed by atoms with van der Waals surface area (Å²) >= 11 is 0. The van der Waals surface area contributed by atoms with Crippen LogP contribution in [0.3, 0.4) is 0 Å². The normalized spacial score (nSPS) is 11.9. The second-order valence-corrected chi connectivity index (χ2v) is 6.64. The van der Waals surface area contributed by atoms with Gasteiger partial charge in [0.05, 0.1) is 12.7 Å². The number of carbonyl (C=O) groups excluding carboxylic acids is 1. The number of hydrogen-bond acceptors (Lipinski definition) is 4. The molecular formula is C22H20N4O3. The molecule has 0 aliphatic carbocycles. The Labute approximate surface area is 167 Å². The van der Waals surface area contributed by atoms with Gasteiger partial charge in [0.1, 0.15) is 17.6 Å². The Morgan fingerprint density at radius 1 is 1.17 bits per heavy atom. The summed E-state index contributed by atoms with van der Waals surface area (Å²) in [7, 11) is 3.44. The van der Waals surface area contributed by atoms with E-state index in [-0.39, 0.29) is 11.5 Å². The summed E-state index contributed by atoms with van der Waals surface area (Å²) < 4.78 is 7.34. The predicted molar refractivity (Wildman–Crippen MR) is 110 cm³/mol. The topological polar surface area (TPSA) is 89.0 Å². The van der Waals surface area contributed by atoms with E-state index in [1.54, 1.807) is 25.4 Å². The van der Waals surface area contributed by atoms with Crippen LogP contribution in [0.2, 0.25) is 0 Å². The smallest absolute Gasteiger partial charge is 0.253 e. The summed E-state index contributed by atoms with van der Waals surface area (Å²) in [6.45, 7) is 0. The van der Waals surface area contributed by atoms with Gasteiger partial charge in [0.25, 0.3) is 5.91 Å². The number of nitrogens with zero attached hydrogens (tertiary/aromatic N) is 2. The summed E-state index contributed by atoms with van der Waals surface area (Å²) in [5.74, 6) is 0.916.